The van der Waals surface area contributed by atoms with E-state index in [2.05, 4.69) is 11.8 Å². The van der Waals surface area contributed by atoms with Gasteiger partial charge in [0.05, 0.1) is 0 Å². The van der Waals surface area contributed by atoms with Gasteiger partial charge in [-0.2, -0.15) is 0 Å². The Morgan fingerprint density at radius 2 is 1.47 bits per heavy atom. The number of hydrogen-bond acceptors (Lipinski definition) is 2. The lowest BCUT2D eigenvalue weighted by atomic mass is 10.1. The molecule has 0 radical (unpaired) electrons. The number of amides is 1. The Kier molecular flexibility index (Phi) is 4.75. The summed E-state index contributed by atoms with van der Waals surface area (Å²) in [5.74, 6) is 0. The van der Waals surface area contributed by atoms with Crippen LogP contribution < -0.4 is 0 Å². The lowest BCUT2D eigenvalue weighted by molar-refractivity contribution is -0.00531. The molecule has 0 N–H and O–H groups in total. The Bertz CT molecular complexity index is 286. The van der Waals surface area contributed by atoms with Crippen molar-refractivity contribution in [1.29, 1.82) is 0 Å². The zero-order valence-electron chi connectivity index (χ0n) is 12.8. The minimum atomic E-state index is -0.341. The average Bonchev–Trinajstić information content (AvgIpc) is 3.02. The van der Waals surface area contributed by atoms with Crippen LogP contribution in [0.1, 0.15) is 78.6 Å². The number of rotatable bonds is 4. The van der Waals surface area contributed by atoms with Gasteiger partial charge in [0.25, 0.3) is 0 Å². The molecule has 0 aliphatic heterocycles. The summed E-state index contributed by atoms with van der Waals surface area (Å²) in [4.78, 5) is 14.7. The molecule has 19 heavy (non-hydrogen) atoms. The van der Waals surface area contributed by atoms with Crippen molar-refractivity contribution >= 4 is 6.09 Å². The molecule has 0 heterocycles. The van der Waals surface area contributed by atoms with E-state index in [9.17, 15) is 4.79 Å². The van der Waals surface area contributed by atoms with E-state index in [1.165, 1.54) is 25.7 Å². The van der Waals surface area contributed by atoms with E-state index in [0.29, 0.717) is 12.1 Å². The molecule has 0 unspecified atom stereocenters. The van der Waals surface area contributed by atoms with Crippen LogP contribution in [0.15, 0.2) is 0 Å². The lowest BCUT2D eigenvalue weighted by Crippen LogP contribution is -2.47. The number of carbonyl (C=O) groups is 1. The van der Waals surface area contributed by atoms with Gasteiger partial charge in [0.15, 0.2) is 0 Å². The fraction of sp³-hybridized carbons (Fsp3) is 0.938. The van der Waals surface area contributed by atoms with Crippen molar-refractivity contribution in [2.45, 2.75) is 96.2 Å². The molecule has 2 saturated carbocycles. The second-order valence-electron chi connectivity index (χ2n) is 6.77. The monoisotopic (exact) mass is 267 g/mol. The van der Waals surface area contributed by atoms with Crippen molar-refractivity contribution in [3.8, 4) is 0 Å². The van der Waals surface area contributed by atoms with Crippen molar-refractivity contribution in [3.63, 3.8) is 0 Å². The zero-order valence-corrected chi connectivity index (χ0v) is 12.8. The minimum absolute atomic E-state index is 0.0642. The second kappa shape index (κ2) is 6.15. The van der Waals surface area contributed by atoms with Gasteiger partial charge in [-0.1, -0.05) is 32.6 Å². The van der Waals surface area contributed by atoms with Gasteiger partial charge in [0.2, 0.25) is 0 Å². The minimum Gasteiger partial charge on any atom is -0.443 e. The molecule has 2 rings (SSSR count). The third-order valence-corrected chi connectivity index (χ3v) is 4.86. The third kappa shape index (κ3) is 3.64. The summed E-state index contributed by atoms with van der Waals surface area (Å²) in [5.41, 5.74) is -0.341. The topological polar surface area (TPSA) is 29.5 Å². The molecule has 2 aliphatic carbocycles. The van der Waals surface area contributed by atoms with Crippen molar-refractivity contribution in [3.05, 3.63) is 0 Å². The van der Waals surface area contributed by atoms with Gasteiger partial charge in [0, 0.05) is 12.1 Å². The molecule has 0 saturated heterocycles. The number of hydrogen-bond donors (Lipinski definition) is 0. The first kappa shape index (κ1) is 14.7. The Balaban J connectivity index is 2.05. The fourth-order valence-electron chi connectivity index (χ4n) is 3.32. The summed E-state index contributed by atoms with van der Waals surface area (Å²) in [6.07, 6.45) is 10.5. The first-order valence-electron chi connectivity index (χ1n) is 8.05. The quantitative estimate of drug-likeness (QED) is 0.750. The summed E-state index contributed by atoms with van der Waals surface area (Å²) in [5, 5.41) is 0. The van der Waals surface area contributed by atoms with Gasteiger partial charge in [-0.3, -0.25) is 0 Å². The van der Waals surface area contributed by atoms with Crippen LogP contribution in [0.3, 0.4) is 0 Å². The summed E-state index contributed by atoms with van der Waals surface area (Å²) in [7, 11) is 0. The molecule has 3 nitrogen and oxygen atoms in total. The Hall–Kier alpha value is -0.730. The predicted octanol–water partition coefficient (Wildman–Crippen LogP) is 4.50. The van der Waals surface area contributed by atoms with Crippen LogP contribution in [0.4, 0.5) is 4.79 Å². The first-order valence-corrected chi connectivity index (χ1v) is 8.05. The molecular formula is C16H29NO2. The molecule has 2 fully saturated rings. The number of nitrogens with zero attached hydrogens (tertiary/aromatic N) is 1. The van der Waals surface area contributed by atoms with E-state index in [1.54, 1.807) is 0 Å². The van der Waals surface area contributed by atoms with Crippen LogP contribution in [0.25, 0.3) is 0 Å². The molecule has 0 aromatic rings. The normalized spacial score (nSPS) is 21.8. The molecule has 0 aromatic heterocycles. The van der Waals surface area contributed by atoms with Crippen molar-refractivity contribution in [1.82, 2.24) is 4.90 Å². The summed E-state index contributed by atoms with van der Waals surface area (Å²) >= 11 is 0. The summed E-state index contributed by atoms with van der Waals surface area (Å²) < 4.78 is 5.76. The highest BCUT2D eigenvalue weighted by molar-refractivity contribution is 5.69. The summed E-state index contributed by atoms with van der Waals surface area (Å²) in [6, 6.07) is 0.867. The van der Waals surface area contributed by atoms with Crippen LogP contribution in [-0.2, 0) is 4.74 Å². The van der Waals surface area contributed by atoms with E-state index < -0.39 is 0 Å². The maximum Gasteiger partial charge on any atom is 0.410 e. The van der Waals surface area contributed by atoms with Gasteiger partial charge in [-0.25, -0.2) is 4.79 Å². The van der Waals surface area contributed by atoms with Crippen LogP contribution >= 0.6 is 0 Å². The van der Waals surface area contributed by atoms with Crippen molar-refractivity contribution in [2.75, 3.05) is 0 Å². The Morgan fingerprint density at radius 3 is 1.84 bits per heavy atom. The fourth-order valence-corrected chi connectivity index (χ4v) is 3.32. The third-order valence-electron chi connectivity index (χ3n) is 4.86. The molecule has 3 heteroatoms. The highest BCUT2D eigenvalue weighted by Crippen LogP contribution is 2.33. The standard InChI is InChI=1S/C16H29NO2/c1-4-16(2,3)19-15(18)17(13-9-5-6-10-13)14-11-7-8-12-14/h13-14H,4-12H2,1-3H3. The van der Waals surface area contributed by atoms with E-state index in [1.807, 2.05) is 13.8 Å². The number of ether oxygens (including phenoxy) is 1. The van der Waals surface area contributed by atoms with Gasteiger partial charge >= 0.3 is 6.09 Å². The largest absolute Gasteiger partial charge is 0.443 e. The van der Waals surface area contributed by atoms with Crippen LogP contribution in [0.5, 0.6) is 0 Å². The zero-order chi connectivity index (χ0) is 13.9. The molecule has 2 aliphatic rings. The average molecular weight is 267 g/mol. The lowest BCUT2D eigenvalue weighted by Gasteiger charge is -2.36. The van der Waals surface area contributed by atoms with Crippen LogP contribution in [0.2, 0.25) is 0 Å². The first-order chi connectivity index (χ1) is 9.03. The smallest absolute Gasteiger partial charge is 0.410 e. The van der Waals surface area contributed by atoms with Crippen molar-refractivity contribution < 1.29 is 9.53 Å². The predicted molar refractivity (Wildman–Crippen MR) is 77.2 cm³/mol. The highest BCUT2D eigenvalue weighted by atomic mass is 16.6. The Labute approximate surface area is 117 Å². The Morgan fingerprint density at radius 1 is 1.05 bits per heavy atom. The molecule has 0 aromatic carbocycles. The molecule has 110 valence electrons. The number of carbonyl (C=O) groups excluding carboxylic acids is 1. The van der Waals surface area contributed by atoms with Crippen LogP contribution in [-0.4, -0.2) is 28.7 Å². The SMILES string of the molecule is CCC(C)(C)OC(=O)N(C1CCCC1)C1CCCC1. The van der Waals surface area contributed by atoms with Gasteiger partial charge in [0.1, 0.15) is 5.60 Å². The molecular weight excluding hydrogens is 238 g/mol. The van der Waals surface area contributed by atoms with E-state index in [4.69, 9.17) is 4.74 Å². The molecule has 1 amide bonds. The van der Waals surface area contributed by atoms with E-state index >= 15 is 0 Å². The van der Waals surface area contributed by atoms with Gasteiger partial charge in [-0.15, -0.1) is 0 Å². The molecule has 0 spiro atoms. The molecule has 0 bridgehead atoms. The molecule has 0 atom stereocenters. The summed E-state index contributed by atoms with van der Waals surface area (Å²) in [6.45, 7) is 6.08. The van der Waals surface area contributed by atoms with Gasteiger partial charge in [-0.05, 0) is 46.0 Å². The second-order valence-corrected chi connectivity index (χ2v) is 6.77. The maximum atomic E-state index is 12.6. The maximum absolute atomic E-state index is 12.6. The van der Waals surface area contributed by atoms with Crippen molar-refractivity contribution in [2.24, 2.45) is 0 Å². The van der Waals surface area contributed by atoms with Crippen LogP contribution in [0, 0.1) is 0 Å². The van der Waals surface area contributed by atoms with E-state index in [0.717, 1.165) is 32.1 Å². The van der Waals surface area contributed by atoms with E-state index in [-0.39, 0.29) is 11.7 Å². The highest BCUT2D eigenvalue weighted by Gasteiger charge is 2.36. The van der Waals surface area contributed by atoms with Gasteiger partial charge < -0.3 is 9.64 Å².